The molecular weight excluding hydrogens is 213 g/mol. The third kappa shape index (κ3) is 1.19. The van der Waals surface area contributed by atoms with Crippen LogP contribution in [0.15, 0.2) is 24.3 Å². The van der Waals surface area contributed by atoms with Crippen molar-refractivity contribution < 1.29 is 13.6 Å². The number of hydrogen-bond donors (Lipinski definition) is 0. The van der Waals surface area contributed by atoms with Crippen molar-refractivity contribution in [3.63, 3.8) is 0 Å². The standard InChI is InChI=1S/C10H13NO3P/c1-8-7-11-9-5-3-4-6-10(9)14-15(11,12-2)13-8/h3-6,8H,7H2,1-2H3/q+1. The van der Waals surface area contributed by atoms with Gasteiger partial charge in [-0.3, -0.25) is 4.52 Å². The van der Waals surface area contributed by atoms with Crippen LogP contribution in [0.2, 0.25) is 0 Å². The minimum Gasteiger partial charge on any atom is -0.263 e. The van der Waals surface area contributed by atoms with Gasteiger partial charge in [-0.25, -0.2) is 0 Å². The fraction of sp³-hybridized carbons (Fsp3) is 0.400. The highest BCUT2D eigenvalue weighted by molar-refractivity contribution is 7.64. The maximum Gasteiger partial charge on any atom is 0.576 e. The average molecular weight is 226 g/mol. The molecule has 2 heterocycles. The quantitative estimate of drug-likeness (QED) is 0.689. The largest absolute Gasteiger partial charge is 0.576 e. The molecule has 80 valence electrons. The lowest BCUT2D eigenvalue weighted by Crippen LogP contribution is -2.18. The van der Waals surface area contributed by atoms with Gasteiger partial charge in [0, 0.05) is 0 Å². The molecule has 3 rings (SSSR count). The Morgan fingerprint density at radius 1 is 1.47 bits per heavy atom. The van der Waals surface area contributed by atoms with E-state index in [0.717, 1.165) is 18.0 Å². The zero-order chi connectivity index (χ0) is 10.5. The van der Waals surface area contributed by atoms with Crippen LogP contribution in [-0.2, 0) is 9.05 Å². The highest BCUT2D eigenvalue weighted by atomic mass is 31.2. The van der Waals surface area contributed by atoms with Crippen LogP contribution in [0.1, 0.15) is 6.92 Å². The Morgan fingerprint density at radius 2 is 2.27 bits per heavy atom. The van der Waals surface area contributed by atoms with Crippen molar-refractivity contribution in [1.82, 2.24) is 0 Å². The van der Waals surface area contributed by atoms with Gasteiger partial charge < -0.3 is 0 Å². The molecular formula is C10H13NO3P+. The number of rotatable bonds is 1. The molecule has 4 nitrogen and oxygen atoms in total. The number of hydrogen-bond acceptors (Lipinski definition) is 4. The van der Waals surface area contributed by atoms with Gasteiger partial charge in [-0.1, -0.05) is 12.1 Å². The third-order valence-corrected chi connectivity index (χ3v) is 5.11. The van der Waals surface area contributed by atoms with Gasteiger partial charge in [-0.2, -0.15) is 9.19 Å². The van der Waals surface area contributed by atoms with Gasteiger partial charge in [0.05, 0.1) is 13.7 Å². The summed E-state index contributed by atoms with van der Waals surface area (Å²) in [6.07, 6.45) is 0.159. The van der Waals surface area contributed by atoms with Crippen LogP contribution in [0.4, 0.5) is 5.69 Å². The molecule has 2 unspecified atom stereocenters. The Kier molecular flexibility index (Phi) is 1.93. The Bertz CT molecular complexity index is 400. The lowest BCUT2D eigenvalue weighted by atomic mass is 10.3. The van der Waals surface area contributed by atoms with Crippen LogP contribution in [0, 0.1) is 0 Å². The van der Waals surface area contributed by atoms with Gasteiger partial charge in [-0.15, -0.1) is 4.52 Å². The number of fused-ring (bicyclic) bond motifs is 3. The van der Waals surface area contributed by atoms with E-state index >= 15 is 0 Å². The minimum atomic E-state index is -2.29. The molecule has 15 heavy (non-hydrogen) atoms. The molecule has 2 aliphatic rings. The Labute approximate surface area is 89.4 Å². The van der Waals surface area contributed by atoms with E-state index in [9.17, 15) is 0 Å². The first-order chi connectivity index (χ1) is 7.25. The monoisotopic (exact) mass is 226 g/mol. The predicted octanol–water partition coefficient (Wildman–Crippen LogP) is 2.63. The summed E-state index contributed by atoms with van der Waals surface area (Å²) in [5.74, 6) is 0.861. The molecule has 1 fully saturated rings. The van der Waals surface area contributed by atoms with Crippen LogP contribution in [0.25, 0.3) is 0 Å². The first kappa shape index (κ1) is 9.40. The number of para-hydroxylation sites is 2. The summed E-state index contributed by atoms with van der Waals surface area (Å²) in [6.45, 7) is 2.86. The van der Waals surface area contributed by atoms with Crippen molar-refractivity contribution in [3.8, 4) is 5.75 Å². The molecule has 2 aliphatic heterocycles. The molecule has 0 spiro atoms. The molecule has 5 heteroatoms. The smallest absolute Gasteiger partial charge is 0.263 e. The molecule has 0 amide bonds. The van der Waals surface area contributed by atoms with E-state index in [0.29, 0.717) is 0 Å². The highest BCUT2D eigenvalue weighted by Gasteiger charge is 2.66. The van der Waals surface area contributed by atoms with E-state index in [1.807, 2.05) is 31.2 Å². The number of benzene rings is 1. The molecule has 1 saturated heterocycles. The van der Waals surface area contributed by atoms with Gasteiger partial charge in [0.15, 0.2) is 0 Å². The van der Waals surface area contributed by atoms with Crippen molar-refractivity contribution in [3.05, 3.63) is 24.3 Å². The SMILES string of the molecule is CO[P+]12Oc3ccccc3N1CC(C)O2. The summed E-state index contributed by atoms with van der Waals surface area (Å²) in [5.41, 5.74) is 1.08. The first-order valence-corrected chi connectivity index (χ1v) is 6.44. The summed E-state index contributed by atoms with van der Waals surface area (Å²) < 4.78 is 19.2. The summed E-state index contributed by atoms with van der Waals surface area (Å²) in [6, 6.07) is 7.94. The van der Waals surface area contributed by atoms with Gasteiger partial charge in [-0.05, 0) is 19.1 Å². The van der Waals surface area contributed by atoms with E-state index in [1.54, 1.807) is 7.11 Å². The van der Waals surface area contributed by atoms with Gasteiger partial charge in [0.2, 0.25) is 5.75 Å². The van der Waals surface area contributed by atoms with Crippen LogP contribution >= 0.6 is 8.09 Å². The van der Waals surface area contributed by atoms with E-state index in [-0.39, 0.29) is 6.10 Å². The lowest BCUT2D eigenvalue weighted by Gasteiger charge is -2.13. The Balaban J connectivity index is 2.07. The molecule has 1 aromatic rings. The molecule has 0 radical (unpaired) electrons. The Morgan fingerprint density at radius 3 is 3.07 bits per heavy atom. The number of nitrogens with zero attached hydrogens (tertiary/aromatic N) is 1. The Hall–Kier alpha value is -0.830. The maximum atomic E-state index is 5.83. The van der Waals surface area contributed by atoms with E-state index in [2.05, 4.69) is 4.67 Å². The van der Waals surface area contributed by atoms with E-state index in [4.69, 9.17) is 13.6 Å². The van der Waals surface area contributed by atoms with Crippen molar-refractivity contribution in [2.24, 2.45) is 0 Å². The highest BCUT2D eigenvalue weighted by Crippen LogP contribution is 2.74. The molecule has 0 aromatic heterocycles. The zero-order valence-corrected chi connectivity index (χ0v) is 9.61. The van der Waals surface area contributed by atoms with Crippen LogP contribution < -0.4 is 9.19 Å². The molecule has 0 bridgehead atoms. The van der Waals surface area contributed by atoms with Gasteiger partial charge in [0.1, 0.15) is 11.8 Å². The van der Waals surface area contributed by atoms with E-state index < -0.39 is 8.09 Å². The maximum absolute atomic E-state index is 5.83. The van der Waals surface area contributed by atoms with Crippen molar-refractivity contribution in [2.75, 3.05) is 18.3 Å². The minimum absolute atomic E-state index is 0.159. The normalized spacial score (nSPS) is 32.4. The summed E-state index contributed by atoms with van der Waals surface area (Å²) >= 11 is 0. The lowest BCUT2D eigenvalue weighted by molar-refractivity contribution is 0.195. The van der Waals surface area contributed by atoms with Crippen LogP contribution in [0.3, 0.4) is 0 Å². The third-order valence-electron chi connectivity index (χ3n) is 2.63. The summed E-state index contributed by atoms with van der Waals surface area (Å²) in [7, 11) is -0.650. The molecule has 1 aromatic carbocycles. The van der Waals surface area contributed by atoms with Gasteiger partial charge >= 0.3 is 8.09 Å². The second-order valence-corrected chi connectivity index (χ2v) is 5.89. The van der Waals surface area contributed by atoms with E-state index in [1.165, 1.54) is 0 Å². The molecule has 0 N–H and O–H groups in total. The second-order valence-electron chi connectivity index (χ2n) is 3.71. The first-order valence-electron chi connectivity index (χ1n) is 4.95. The van der Waals surface area contributed by atoms with Crippen molar-refractivity contribution in [2.45, 2.75) is 13.0 Å². The fourth-order valence-corrected chi connectivity index (χ4v) is 4.41. The average Bonchev–Trinajstić information content (AvgIpc) is 2.70. The topological polar surface area (TPSA) is 30.9 Å². The number of anilines is 1. The second kappa shape index (κ2) is 3.08. The van der Waals surface area contributed by atoms with Gasteiger partial charge in [0.25, 0.3) is 0 Å². The predicted molar refractivity (Wildman–Crippen MR) is 58.9 cm³/mol. The zero-order valence-electron chi connectivity index (χ0n) is 8.71. The molecule has 0 saturated carbocycles. The van der Waals surface area contributed by atoms with Crippen LogP contribution in [0.5, 0.6) is 5.75 Å². The van der Waals surface area contributed by atoms with Crippen molar-refractivity contribution >= 4 is 13.8 Å². The van der Waals surface area contributed by atoms with Crippen molar-refractivity contribution in [1.29, 1.82) is 0 Å². The molecule has 0 aliphatic carbocycles. The van der Waals surface area contributed by atoms with Crippen LogP contribution in [-0.4, -0.2) is 19.8 Å². The summed E-state index contributed by atoms with van der Waals surface area (Å²) in [5, 5.41) is 0. The fourth-order valence-electron chi connectivity index (χ4n) is 2.01. The summed E-state index contributed by atoms with van der Waals surface area (Å²) in [4.78, 5) is 0. The molecule has 2 atom stereocenters.